The lowest BCUT2D eigenvalue weighted by molar-refractivity contribution is -0.125. The van der Waals surface area contributed by atoms with Crippen molar-refractivity contribution in [2.24, 2.45) is 0 Å². The molecule has 5 rings (SSSR count). The van der Waals surface area contributed by atoms with Crippen LogP contribution in [0.5, 0.6) is 0 Å². The topological polar surface area (TPSA) is 73.8 Å². The number of anilines is 2. The Morgan fingerprint density at radius 1 is 0.763 bits per heavy atom. The Labute approximate surface area is 223 Å². The fraction of sp³-hybridized carbons (Fsp3) is 0.219. The van der Waals surface area contributed by atoms with Gasteiger partial charge in [0.2, 0.25) is 0 Å². The van der Waals surface area contributed by atoms with Crippen LogP contribution in [0.15, 0.2) is 115 Å². The number of aliphatic hydroxyl groups is 1. The maximum Gasteiger partial charge on any atom is 0.253 e. The highest BCUT2D eigenvalue weighted by Crippen LogP contribution is 2.36. The van der Waals surface area contributed by atoms with Crippen molar-refractivity contribution in [3.8, 4) is 0 Å². The average molecular weight is 508 g/mol. The van der Waals surface area contributed by atoms with E-state index in [-0.39, 0.29) is 12.5 Å². The van der Waals surface area contributed by atoms with Crippen molar-refractivity contribution in [3.05, 3.63) is 132 Å². The quantitative estimate of drug-likeness (QED) is 0.278. The Morgan fingerprint density at radius 2 is 1.29 bits per heavy atom. The van der Waals surface area contributed by atoms with Gasteiger partial charge in [-0.1, -0.05) is 91.0 Å². The molecular weight excluding hydrogens is 474 g/mol. The Kier molecular flexibility index (Phi) is 8.14. The molecule has 1 heterocycles. The fourth-order valence-electron chi connectivity index (χ4n) is 5.00. The van der Waals surface area contributed by atoms with E-state index in [1.54, 1.807) is 4.90 Å². The molecule has 6 nitrogen and oxygen atoms in total. The molecule has 1 aliphatic rings. The van der Waals surface area contributed by atoms with E-state index in [4.69, 9.17) is 4.74 Å². The highest BCUT2D eigenvalue weighted by molar-refractivity contribution is 5.95. The molecule has 1 saturated heterocycles. The van der Waals surface area contributed by atoms with Gasteiger partial charge >= 0.3 is 0 Å². The van der Waals surface area contributed by atoms with Crippen LogP contribution in [0.3, 0.4) is 0 Å². The second-order valence-electron chi connectivity index (χ2n) is 9.41. The third kappa shape index (κ3) is 5.63. The molecule has 4 aromatic rings. The summed E-state index contributed by atoms with van der Waals surface area (Å²) in [5.74, 6) is -0.0304. The van der Waals surface area contributed by atoms with E-state index >= 15 is 0 Å². The van der Waals surface area contributed by atoms with E-state index < -0.39 is 11.6 Å². The lowest BCUT2D eigenvalue weighted by atomic mass is 9.77. The van der Waals surface area contributed by atoms with Gasteiger partial charge in [0, 0.05) is 31.0 Å². The highest BCUT2D eigenvalue weighted by atomic mass is 16.5. The Morgan fingerprint density at radius 3 is 1.79 bits per heavy atom. The van der Waals surface area contributed by atoms with Gasteiger partial charge in [0.15, 0.2) is 0 Å². The zero-order chi connectivity index (χ0) is 26.2. The molecule has 38 heavy (non-hydrogen) atoms. The van der Waals surface area contributed by atoms with E-state index in [2.05, 4.69) is 47.0 Å². The van der Waals surface area contributed by atoms with E-state index in [0.29, 0.717) is 26.2 Å². The normalized spacial score (nSPS) is 14.8. The van der Waals surface area contributed by atoms with Crippen molar-refractivity contribution >= 4 is 17.3 Å². The zero-order valence-corrected chi connectivity index (χ0v) is 21.3. The molecular formula is C32H33N3O3. The van der Waals surface area contributed by atoms with Crippen molar-refractivity contribution < 1.29 is 14.6 Å². The van der Waals surface area contributed by atoms with Gasteiger partial charge in [-0.15, -0.1) is 0 Å². The first-order valence-electron chi connectivity index (χ1n) is 13.0. The maximum absolute atomic E-state index is 12.1. The molecule has 0 unspecified atom stereocenters. The van der Waals surface area contributed by atoms with Crippen molar-refractivity contribution in [1.29, 1.82) is 0 Å². The molecule has 1 aliphatic heterocycles. The Hall–Kier alpha value is -3.97. The second-order valence-corrected chi connectivity index (χ2v) is 9.41. The van der Waals surface area contributed by atoms with Crippen LogP contribution in [0, 0.1) is 0 Å². The van der Waals surface area contributed by atoms with Gasteiger partial charge in [0.1, 0.15) is 6.61 Å². The molecule has 0 aliphatic carbocycles. The molecule has 0 bridgehead atoms. The van der Waals surface area contributed by atoms with Gasteiger partial charge in [-0.3, -0.25) is 10.1 Å². The first-order valence-corrected chi connectivity index (χ1v) is 13.0. The third-order valence-corrected chi connectivity index (χ3v) is 6.93. The number of hydrogen-bond acceptors (Lipinski definition) is 5. The summed E-state index contributed by atoms with van der Waals surface area (Å²) >= 11 is 0. The van der Waals surface area contributed by atoms with Gasteiger partial charge in [0.25, 0.3) is 5.91 Å². The Bertz CT molecular complexity index is 1200. The molecule has 0 radical (unpaired) electrons. The first kappa shape index (κ1) is 25.7. The second kappa shape index (κ2) is 12.0. The first-order chi connectivity index (χ1) is 18.7. The molecule has 0 aromatic heterocycles. The third-order valence-electron chi connectivity index (χ3n) is 6.93. The summed E-state index contributed by atoms with van der Waals surface area (Å²) in [6.45, 7) is 1.96. The van der Waals surface area contributed by atoms with Crippen LogP contribution in [-0.2, 0) is 15.1 Å². The smallest absolute Gasteiger partial charge is 0.253 e. The zero-order valence-electron chi connectivity index (χ0n) is 21.3. The lowest BCUT2D eigenvalue weighted by Crippen LogP contribution is -2.48. The number of nitrogens with zero attached hydrogens (tertiary/aromatic N) is 1. The number of carbonyl (C=O) groups is 1. The number of nitrogens with one attached hydrogen (secondary N) is 2. The molecule has 1 amide bonds. The number of aliphatic hydroxyl groups excluding tert-OH is 1. The largest absolute Gasteiger partial charge is 0.390 e. The van der Waals surface area contributed by atoms with Crippen molar-refractivity contribution in [2.75, 3.05) is 43.1 Å². The summed E-state index contributed by atoms with van der Waals surface area (Å²) in [6, 6.07) is 38.8. The number of carbonyl (C=O) groups excluding carboxylic acids is 1. The lowest BCUT2D eigenvalue weighted by Gasteiger charge is -2.38. The molecule has 6 heteroatoms. The van der Waals surface area contributed by atoms with Crippen molar-refractivity contribution in [2.45, 2.75) is 11.6 Å². The van der Waals surface area contributed by atoms with Crippen molar-refractivity contribution in [3.63, 3.8) is 0 Å². The highest BCUT2D eigenvalue weighted by Gasteiger charge is 2.36. The van der Waals surface area contributed by atoms with Gasteiger partial charge in [-0.2, -0.15) is 0 Å². The molecule has 194 valence electrons. The summed E-state index contributed by atoms with van der Waals surface area (Å²) in [6.07, 6.45) is -0.647. The fourth-order valence-corrected chi connectivity index (χ4v) is 5.00. The predicted molar refractivity (Wildman–Crippen MR) is 151 cm³/mol. The van der Waals surface area contributed by atoms with Crippen LogP contribution in [0.1, 0.15) is 16.7 Å². The van der Waals surface area contributed by atoms with Crippen LogP contribution in [0.25, 0.3) is 0 Å². The Balaban J connectivity index is 1.31. The number of amides is 1. The minimum absolute atomic E-state index is 0.0304. The van der Waals surface area contributed by atoms with Crippen LogP contribution in [0.2, 0.25) is 0 Å². The van der Waals surface area contributed by atoms with Crippen LogP contribution in [-0.4, -0.2) is 50.0 Å². The minimum atomic E-state index is -0.647. The van der Waals surface area contributed by atoms with E-state index in [1.807, 2.05) is 78.9 Å². The summed E-state index contributed by atoms with van der Waals surface area (Å²) in [5, 5.41) is 18.1. The van der Waals surface area contributed by atoms with Gasteiger partial charge in [0.05, 0.1) is 18.2 Å². The van der Waals surface area contributed by atoms with Crippen LogP contribution < -0.4 is 15.5 Å². The van der Waals surface area contributed by atoms with E-state index in [0.717, 1.165) is 28.1 Å². The van der Waals surface area contributed by atoms with Gasteiger partial charge in [-0.25, -0.2) is 0 Å². The summed E-state index contributed by atoms with van der Waals surface area (Å²) in [4.78, 5) is 13.8. The van der Waals surface area contributed by atoms with Crippen LogP contribution >= 0.6 is 0 Å². The van der Waals surface area contributed by atoms with Gasteiger partial charge < -0.3 is 20.1 Å². The molecule has 1 atom stereocenters. The molecule has 4 aromatic carbocycles. The molecule has 3 N–H and O–H groups in total. The van der Waals surface area contributed by atoms with E-state index in [9.17, 15) is 9.90 Å². The summed E-state index contributed by atoms with van der Waals surface area (Å²) in [7, 11) is 0. The predicted octanol–water partition coefficient (Wildman–Crippen LogP) is 4.40. The average Bonchev–Trinajstić information content (AvgIpc) is 2.99. The number of rotatable bonds is 10. The number of morpholine rings is 1. The van der Waals surface area contributed by atoms with Gasteiger partial charge in [-0.05, 0) is 41.0 Å². The number of benzene rings is 4. The standard InChI is InChI=1S/C32H33N3O3/c36-30(22-33-28-16-18-29(19-17-28)35-20-21-38-24-31(35)37)23-34-32(25-10-4-1-5-11-25,26-12-6-2-7-13-26)27-14-8-3-9-15-27/h1-19,30,33-34,36H,20-24H2/t30-/m1/s1. The molecule has 1 fully saturated rings. The maximum atomic E-state index is 12.1. The van der Waals surface area contributed by atoms with Crippen molar-refractivity contribution in [1.82, 2.24) is 5.32 Å². The summed E-state index contributed by atoms with van der Waals surface area (Å²) in [5.41, 5.74) is 4.41. The van der Waals surface area contributed by atoms with Crippen LogP contribution in [0.4, 0.5) is 11.4 Å². The molecule has 0 saturated carbocycles. The number of ether oxygens (including phenoxy) is 1. The monoisotopic (exact) mass is 507 g/mol. The molecule has 0 spiro atoms. The number of hydrogen-bond donors (Lipinski definition) is 3. The SMILES string of the molecule is O=C1COCCN1c1ccc(NC[C@@H](O)CNC(c2ccccc2)(c2ccccc2)c2ccccc2)cc1. The van der Waals surface area contributed by atoms with E-state index in [1.165, 1.54) is 0 Å². The minimum Gasteiger partial charge on any atom is -0.390 e. The summed E-state index contributed by atoms with van der Waals surface area (Å²) < 4.78 is 5.22.